The van der Waals surface area contributed by atoms with Crippen molar-refractivity contribution in [3.63, 3.8) is 0 Å². The molecule has 0 radical (unpaired) electrons. The highest BCUT2D eigenvalue weighted by Gasteiger charge is 2.33. The number of hydrogen-bond acceptors (Lipinski definition) is 8. The second-order valence-electron chi connectivity index (χ2n) is 8.78. The van der Waals surface area contributed by atoms with Gasteiger partial charge in [-0.15, -0.1) is 0 Å². The van der Waals surface area contributed by atoms with Crippen LogP contribution in [0.4, 0.5) is 0 Å². The number of nitrogens with two attached hydrogens (primary N) is 1. The first-order chi connectivity index (χ1) is 17.7. The van der Waals surface area contributed by atoms with Crippen molar-refractivity contribution < 1.29 is 24.3 Å². The molecule has 0 fully saturated rings. The molecular formula is C23H36N8O5S. The van der Waals surface area contributed by atoms with Gasteiger partial charge in [-0.25, -0.2) is 14.8 Å². The van der Waals surface area contributed by atoms with Gasteiger partial charge < -0.3 is 36.8 Å². The molecule has 204 valence electrons. The smallest absolute Gasteiger partial charge is 0.326 e. The summed E-state index contributed by atoms with van der Waals surface area (Å²) in [5.74, 6) is -2.50. The van der Waals surface area contributed by atoms with E-state index in [1.54, 1.807) is 11.8 Å². The lowest BCUT2D eigenvalue weighted by atomic mass is 9.97. The molecule has 13 nitrogen and oxygen atoms in total. The van der Waals surface area contributed by atoms with Crippen molar-refractivity contribution in [3.05, 3.63) is 36.4 Å². The Bertz CT molecular complexity index is 1000. The number of aliphatic carboxylic acids is 1. The van der Waals surface area contributed by atoms with E-state index in [9.17, 15) is 24.3 Å². The van der Waals surface area contributed by atoms with Crippen LogP contribution < -0.4 is 21.7 Å². The lowest BCUT2D eigenvalue weighted by Crippen LogP contribution is -2.59. The van der Waals surface area contributed by atoms with Crippen molar-refractivity contribution in [1.29, 1.82) is 0 Å². The van der Waals surface area contributed by atoms with Crippen LogP contribution in [0.15, 0.2) is 25.0 Å². The molecule has 3 amide bonds. The Labute approximate surface area is 219 Å². The van der Waals surface area contributed by atoms with Gasteiger partial charge in [-0.3, -0.25) is 14.4 Å². The maximum atomic E-state index is 13.3. The fraction of sp³-hybridized carbons (Fsp3) is 0.565. The van der Waals surface area contributed by atoms with Gasteiger partial charge in [0, 0.05) is 36.6 Å². The highest BCUT2D eigenvalue weighted by atomic mass is 32.2. The van der Waals surface area contributed by atoms with Gasteiger partial charge in [0.1, 0.15) is 18.1 Å². The number of nitrogens with zero attached hydrogens (tertiary/aromatic N) is 2. The molecule has 5 atom stereocenters. The second-order valence-corrected chi connectivity index (χ2v) is 9.77. The number of H-pyrrole nitrogens is 2. The molecule has 0 aromatic carbocycles. The van der Waals surface area contributed by atoms with Crippen molar-refractivity contribution in [2.75, 3.05) is 12.0 Å². The molecule has 8 N–H and O–H groups in total. The second kappa shape index (κ2) is 15.0. The number of imidazole rings is 2. The Morgan fingerprint density at radius 2 is 1.54 bits per heavy atom. The molecule has 0 aliphatic heterocycles. The van der Waals surface area contributed by atoms with Crippen molar-refractivity contribution in [1.82, 2.24) is 35.9 Å². The molecule has 0 saturated heterocycles. The summed E-state index contributed by atoms with van der Waals surface area (Å²) >= 11 is 1.57. The largest absolute Gasteiger partial charge is 0.480 e. The summed E-state index contributed by atoms with van der Waals surface area (Å²) < 4.78 is 0. The van der Waals surface area contributed by atoms with E-state index in [1.807, 2.05) is 20.1 Å². The predicted molar refractivity (Wildman–Crippen MR) is 138 cm³/mol. The molecule has 2 rings (SSSR count). The zero-order valence-corrected chi connectivity index (χ0v) is 22.0. The molecule has 37 heavy (non-hydrogen) atoms. The summed E-state index contributed by atoms with van der Waals surface area (Å²) in [4.78, 5) is 64.5. The SMILES string of the molecule is CCC(C)C(NC(=O)C(N)CCSC)C(=O)NC(Cc1cnc[nH]1)C(=O)NC(Cc1cnc[nH]1)C(=O)O. The fourth-order valence-electron chi connectivity index (χ4n) is 3.51. The van der Waals surface area contributed by atoms with Crippen LogP contribution in [0.1, 0.15) is 38.1 Å². The van der Waals surface area contributed by atoms with Crippen molar-refractivity contribution in [2.24, 2.45) is 11.7 Å². The molecule has 0 spiro atoms. The van der Waals surface area contributed by atoms with Crippen LogP contribution in [0.5, 0.6) is 0 Å². The first kappa shape index (κ1) is 29.8. The average molecular weight is 537 g/mol. The Hall–Kier alpha value is -3.39. The normalized spacial score (nSPS) is 15.1. The van der Waals surface area contributed by atoms with Crippen LogP contribution in [0.2, 0.25) is 0 Å². The number of aromatic amines is 2. The number of rotatable bonds is 16. The molecule has 0 bridgehead atoms. The zero-order chi connectivity index (χ0) is 27.4. The molecule has 2 aromatic heterocycles. The highest BCUT2D eigenvalue weighted by molar-refractivity contribution is 7.98. The van der Waals surface area contributed by atoms with Crippen molar-refractivity contribution in [2.45, 2.75) is 63.7 Å². The van der Waals surface area contributed by atoms with Gasteiger partial charge in [0.05, 0.1) is 18.7 Å². The molecular weight excluding hydrogens is 500 g/mol. The number of carbonyl (C=O) groups excluding carboxylic acids is 3. The number of carbonyl (C=O) groups is 4. The van der Waals surface area contributed by atoms with Crippen molar-refractivity contribution in [3.8, 4) is 0 Å². The Morgan fingerprint density at radius 1 is 0.973 bits per heavy atom. The lowest BCUT2D eigenvalue weighted by Gasteiger charge is -2.28. The maximum Gasteiger partial charge on any atom is 0.326 e. The fourth-order valence-corrected chi connectivity index (χ4v) is 4.00. The third kappa shape index (κ3) is 9.53. The van der Waals surface area contributed by atoms with Crippen LogP contribution >= 0.6 is 11.8 Å². The van der Waals surface area contributed by atoms with Crippen LogP contribution in [0.3, 0.4) is 0 Å². The third-order valence-corrected chi connectivity index (χ3v) is 6.61. The van der Waals surface area contributed by atoms with E-state index in [0.717, 1.165) is 0 Å². The number of hydrogen-bond donors (Lipinski definition) is 7. The van der Waals surface area contributed by atoms with Crippen molar-refractivity contribution >= 4 is 35.5 Å². The van der Waals surface area contributed by atoms with E-state index < -0.39 is 47.9 Å². The van der Waals surface area contributed by atoms with E-state index in [2.05, 4.69) is 35.9 Å². The molecule has 2 heterocycles. The molecule has 0 aliphatic rings. The van der Waals surface area contributed by atoms with Gasteiger partial charge in [-0.05, 0) is 24.3 Å². The van der Waals surface area contributed by atoms with E-state index in [1.165, 1.54) is 25.0 Å². The van der Waals surface area contributed by atoms with Gasteiger partial charge >= 0.3 is 5.97 Å². The number of carboxylic acid groups (broad SMARTS) is 1. The maximum absolute atomic E-state index is 13.3. The van der Waals surface area contributed by atoms with E-state index in [0.29, 0.717) is 30.0 Å². The van der Waals surface area contributed by atoms with E-state index in [4.69, 9.17) is 5.73 Å². The topological polar surface area (TPSA) is 208 Å². The summed E-state index contributed by atoms with van der Waals surface area (Å²) in [5.41, 5.74) is 7.06. The van der Waals surface area contributed by atoms with Gasteiger partial charge in [-0.2, -0.15) is 11.8 Å². The summed E-state index contributed by atoms with van der Waals surface area (Å²) in [6.07, 6.45) is 8.78. The lowest BCUT2D eigenvalue weighted by molar-refractivity contribution is -0.142. The highest BCUT2D eigenvalue weighted by Crippen LogP contribution is 2.11. The van der Waals surface area contributed by atoms with Gasteiger partial charge in [-0.1, -0.05) is 20.3 Å². The zero-order valence-electron chi connectivity index (χ0n) is 21.2. The third-order valence-electron chi connectivity index (χ3n) is 5.97. The number of nitrogens with one attached hydrogen (secondary N) is 5. The number of thioether (sulfide) groups is 1. The minimum Gasteiger partial charge on any atom is -0.480 e. The molecule has 0 aliphatic carbocycles. The van der Waals surface area contributed by atoms with Crippen LogP contribution in [-0.4, -0.2) is 84.9 Å². The average Bonchev–Trinajstić information content (AvgIpc) is 3.58. The quantitative estimate of drug-likeness (QED) is 0.148. The van der Waals surface area contributed by atoms with E-state index in [-0.39, 0.29) is 18.8 Å². The van der Waals surface area contributed by atoms with E-state index >= 15 is 0 Å². The molecule has 14 heteroatoms. The van der Waals surface area contributed by atoms with Gasteiger partial charge in [0.25, 0.3) is 0 Å². The molecule has 2 aromatic rings. The van der Waals surface area contributed by atoms with Crippen LogP contribution in [-0.2, 0) is 32.0 Å². The Kier molecular flexibility index (Phi) is 12.1. The van der Waals surface area contributed by atoms with Crippen LogP contribution in [0, 0.1) is 5.92 Å². The van der Waals surface area contributed by atoms with Crippen LogP contribution in [0.25, 0.3) is 0 Å². The van der Waals surface area contributed by atoms with Gasteiger partial charge in [0.2, 0.25) is 17.7 Å². The summed E-state index contributed by atoms with van der Waals surface area (Å²) in [5, 5.41) is 17.5. The summed E-state index contributed by atoms with van der Waals surface area (Å²) in [7, 11) is 0. The number of amides is 3. The summed E-state index contributed by atoms with van der Waals surface area (Å²) in [6.45, 7) is 3.69. The Balaban J connectivity index is 2.19. The predicted octanol–water partition coefficient (Wildman–Crippen LogP) is -0.416. The monoisotopic (exact) mass is 536 g/mol. The Morgan fingerprint density at radius 3 is 2.03 bits per heavy atom. The first-order valence-electron chi connectivity index (χ1n) is 12.0. The number of carboxylic acids is 1. The minimum absolute atomic E-state index is 0.0225. The molecule has 0 saturated carbocycles. The first-order valence-corrected chi connectivity index (χ1v) is 13.4. The summed E-state index contributed by atoms with van der Waals surface area (Å²) in [6, 6.07) is -4.09. The molecule has 5 unspecified atom stereocenters. The minimum atomic E-state index is -1.26. The standard InChI is InChI=1S/C23H36N8O5S/c1-4-13(2)19(31-20(32)16(24)5-6-37-3)22(34)29-17(7-14-9-25-11-27-14)21(33)30-18(23(35)36)8-15-10-26-12-28-15/h9-13,16-19H,4-8,24H2,1-3H3,(H,25,27)(H,26,28)(H,29,34)(H,30,33)(H,31,32)(H,35,36). The van der Waals surface area contributed by atoms with Gasteiger partial charge in [0.15, 0.2) is 0 Å². The number of aromatic nitrogens is 4.